The van der Waals surface area contributed by atoms with Gasteiger partial charge in [0.25, 0.3) is 0 Å². The largest absolute Gasteiger partial charge is 0.262 e. The van der Waals surface area contributed by atoms with E-state index in [4.69, 9.17) is 5.10 Å². The van der Waals surface area contributed by atoms with Gasteiger partial charge in [-0.05, 0) is 26.3 Å². The lowest BCUT2D eigenvalue weighted by Gasteiger charge is -2.18. The highest BCUT2D eigenvalue weighted by molar-refractivity contribution is 5.69. The SMILES string of the molecule is CC(C)n1ncc2c1-c1cc(-c3ccccc3)nn1CC2. The topological polar surface area (TPSA) is 35.6 Å². The maximum absolute atomic E-state index is 4.78. The van der Waals surface area contributed by atoms with Crippen molar-refractivity contribution in [2.45, 2.75) is 32.9 Å². The van der Waals surface area contributed by atoms with Crippen LogP contribution in [-0.4, -0.2) is 19.6 Å². The minimum absolute atomic E-state index is 0.357. The van der Waals surface area contributed by atoms with Crippen LogP contribution in [0, 0.1) is 0 Å². The first-order chi connectivity index (χ1) is 10.2. The molecular weight excluding hydrogens is 260 g/mol. The second-order valence-electron chi connectivity index (χ2n) is 5.81. The smallest absolute Gasteiger partial charge is 0.0930 e. The van der Waals surface area contributed by atoms with Gasteiger partial charge < -0.3 is 0 Å². The van der Waals surface area contributed by atoms with Gasteiger partial charge in [-0.2, -0.15) is 10.2 Å². The highest BCUT2D eigenvalue weighted by Crippen LogP contribution is 2.33. The first-order valence-corrected chi connectivity index (χ1v) is 7.44. The summed E-state index contributed by atoms with van der Waals surface area (Å²) in [5, 5.41) is 9.33. The van der Waals surface area contributed by atoms with Crippen molar-refractivity contribution >= 4 is 0 Å². The Bertz CT molecular complexity index is 780. The van der Waals surface area contributed by atoms with Crippen molar-refractivity contribution in [3.8, 4) is 22.6 Å². The monoisotopic (exact) mass is 278 g/mol. The van der Waals surface area contributed by atoms with Crippen molar-refractivity contribution in [2.75, 3.05) is 0 Å². The molecule has 0 amide bonds. The van der Waals surface area contributed by atoms with E-state index < -0.39 is 0 Å². The van der Waals surface area contributed by atoms with Gasteiger partial charge in [0.05, 0.1) is 23.3 Å². The molecule has 21 heavy (non-hydrogen) atoms. The van der Waals surface area contributed by atoms with Crippen LogP contribution in [0.3, 0.4) is 0 Å². The van der Waals surface area contributed by atoms with E-state index in [-0.39, 0.29) is 0 Å². The number of aryl methyl sites for hydroxylation is 2. The second-order valence-corrected chi connectivity index (χ2v) is 5.81. The lowest BCUT2D eigenvalue weighted by Crippen LogP contribution is -2.14. The lowest BCUT2D eigenvalue weighted by molar-refractivity contribution is 0.527. The molecular formula is C17H18N4. The molecule has 0 bridgehead atoms. The molecule has 0 spiro atoms. The standard InChI is InChI=1S/C17H18N4/c1-12(2)21-17-14(11-18-21)8-9-20-16(17)10-15(19-20)13-6-4-3-5-7-13/h3-7,10-12H,8-9H2,1-2H3. The molecule has 106 valence electrons. The van der Waals surface area contributed by atoms with E-state index in [1.807, 2.05) is 12.3 Å². The van der Waals surface area contributed by atoms with Crippen LogP contribution in [0.4, 0.5) is 0 Å². The Morgan fingerprint density at radius 2 is 1.95 bits per heavy atom. The summed E-state index contributed by atoms with van der Waals surface area (Å²) >= 11 is 0. The average Bonchev–Trinajstić information content (AvgIpc) is 3.11. The van der Waals surface area contributed by atoms with Crippen LogP contribution < -0.4 is 0 Å². The second kappa shape index (κ2) is 4.58. The third kappa shape index (κ3) is 1.90. The molecule has 0 atom stereocenters. The molecule has 0 radical (unpaired) electrons. The molecule has 0 saturated heterocycles. The zero-order valence-corrected chi connectivity index (χ0v) is 12.3. The van der Waals surface area contributed by atoms with Gasteiger partial charge in [-0.1, -0.05) is 30.3 Å². The van der Waals surface area contributed by atoms with Gasteiger partial charge in [-0.3, -0.25) is 9.36 Å². The molecule has 1 aliphatic rings. The van der Waals surface area contributed by atoms with E-state index in [1.54, 1.807) is 0 Å². The van der Waals surface area contributed by atoms with Crippen molar-refractivity contribution in [1.82, 2.24) is 19.6 Å². The van der Waals surface area contributed by atoms with Gasteiger partial charge >= 0.3 is 0 Å². The summed E-state index contributed by atoms with van der Waals surface area (Å²) in [5.41, 5.74) is 5.94. The molecule has 0 saturated carbocycles. The summed E-state index contributed by atoms with van der Waals surface area (Å²) in [6.45, 7) is 5.26. The van der Waals surface area contributed by atoms with Gasteiger partial charge in [-0.25, -0.2) is 0 Å². The Morgan fingerprint density at radius 1 is 1.14 bits per heavy atom. The summed E-state index contributed by atoms with van der Waals surface area (Å²) < 4.78 is 4.22. The fraction of sp³-hybridized carbons (Fsp3) is 0.294. The zero-order valence-electron chi connectivity index (χ0n) is 12.3. The van der Waals surface area contributed by atoms with Crippen molar-refractivity contribution in [3.05, 3.63) is 48.2 Å². The Labute approximate surface area is 124 Å². The number of hydrogen-bond donors (Lipinski definition) is 0. The highest BCUT2D eigenvalue weighted by atomic mass is 15.3. The number of aromatic nitrogens is 4. The van der Waals surface area contributed by atoms with Gasteiger partial charge in [0.2, 0.25) is 0 Å². The van der Waals surface area contributed by atoms with Crippen molar-refractivity contribution < 1.29 is 0 Å². The third-order valence-electron chi connectivity index (χ3n) is 4.05. The molecule has 0 fully saturated rings. The minimum atomic E-state index is 0.357. The summed E-state index contributed by atoms with van der Waals surface area (Å²) in [6.07, 6.45) is 3.01. The van der Waals surface area contributed by atoms with E-state index in [0.717, 1.165) is 24.2 Å². The molecule has 0 unspecified atom stereocenters. The number of nitrogens with zero attached hydrogens (tertiary/aromatic N) is 4. The minimum Gasteiger partial charge on any atom is -0.262 e. The van der Waals surface area contributed by atoms with E-state index in [0.29, 0.717) is 6.04 Å². The first kappa shape index (κ1) is 12.4. The number of rotatable bonds is 2. The van der Waals surface area contributed by atoms with Crippen LogP contribution in [0.1, 0.15) is 25.5 Å². The van der Waals surface area contributed by atoms with Gasteiger partial charge in [0.15, 0.2) is 0 Å². The summed E-state index contributed by atoms with van der Waals surface area (Å²) in [7, 11) is 0. The quantitative estimate of drug-likeness (QED) is 0.718. The Balaban J connectivity index is 1.88. The predicted octanol–water partition coefficient (Wildman–Crippen LogP) is 3.55. The summed E-state index contributed by atoms with van der Waals surface area (Å²) in [6, 6.07) is 12.9. The molecule has 3 aromatic rings. The van der Waals surface area contributed by atoms with Crippen LogP contribution in [0.25, 0.3) is 22.6 Å². The fourth-order valence-corrected chi connectivity index (χ4v) is 3.01. The van der Waals surface area contributed by atoms with E-state index >= 15 is 0 Å². The number of fused-ring (bicyclic) bond motifs is 3. The highest BCUT2D eigenvalue weighted by Gasteiger charge is 2.24. The molecule has 1 aliphatic heterocycles. The van der Waals surface area contributed by atoms with Crippen molar-refractivity contribution in [1.29, 1.82) is 0 Å². The molecule has 3 heterocycles. The van der Waals surface area contributed by atoms with Crippen molar-refractivity contribution in [3.63, 3.8) is 0 Å². The normalized spacial score (nSPS) is 13.3. The first-order valence-electron chi connectivity index (χ1n) is 7.44. The van der Waals surface area contributed by atoms with Crippen LogP contribution in [0.15, 0.2) is 42.6 Å². The lowest BCUT2D eigenvalue weighted by atomic mass is 10.1. The van der Waals surface area contributed by atoms with Crippen molar-refractivity contribution in [2.24, 2.45) is 0 Å². The molecule has 4 heteroatoms. The molecule has 2 aromatic heterocycles. The van der Waals surface area contributed by atoms with Gasteiger partial charge in [-0.15, -0.1) is 0 Å². The number of benzene rings is 1. The van der Waals surface area contributed by atoms with Gasteiger partial charge in [0, 0.05) is 23.7 Å². The molecule has 0 N–H and O–H groups in total. The average molecular weight is 278 g/mol. The van der Waals surface area contributed by atoms with Crippen LogP contribution >= 0.6 is 0 Å². The molecule has 4 rings (SSSR count). The molecule has 0 aliphatic carbocycles. The molecule has 1 aromatic carbocycles. The Morgan fingerprint density at radius 3 is 2.71 bits per heavy atom. The number of hydrogen-bond acceptors (Lipinski definition) is 2. The van der Waals surface area contributed by atoms with Crippen LogP contribution in [0.5, 0.6) is 0 Å². The van der Waals surface area contributed by atoms with E-state index in [9.17, 15) is 0 Å². The van der Waals surface area contributed by atoms with E-state index in [1.165, 1.54) is 17.0 Å². The summed E-state index contributed by atoms with van der Waals surface area (Å²) in [5.74, 6) is 0. The third-order valence-corrected chi connectivity index (χ3v) is 4.05. The predicted molar refractivity (Wildman–Crippen MR) is 83.0 cm³/mol. The Kier molecular flexibility index (Phi) is 2.70. The van der Waals surface area contributed by atoms with Gasteiger partial charge in [0.1, 0.15) is 0 Å². The maximum Gasteiger partial charge on any atom is 0.0930 e. The molecule has 4 nitrogen and oxygen atoms in total. The van der Waals surface area contributed by atoms with E-state index in [2.05, 4.69) is 58.6 Å². The maximum atomic E-state index is 4.78. The Hall–Kier alpha value is -2.36. The van der Waals surface area contributed by atoms with Crippen LogP contribution in [0.2, 0.25) is 0 Å². The zero-order chi connectivity index (χ0) is 14.4. The summed E-state index contributed by atoms with van der Waals surface area (Å²) in [4.78, 5) is 0. The van der Waals surface area contributed by atoms with Crippen LogP contribution in [-0.2, 0) is 13.0 Å². The fourth-order valence-electron chi connectivity index (χ4n) is 3.01.